The summed E-state index contributed by atoms with van der Waals surface area (Å²) in [5, 5.41) is 20.1. The maximum atomic E-state index is 11.6. The fraction of sp³-hybridized carbons (Fsp3) is 0.606. The molecule has 40 heavy (non-hydrogen) atoms. The molecule has 1 atom stereocenters. The van der Waals surface area contributed by atoms with E-state index in [1.807, 2.05) is 41.0 Å². The number of aromatic nitrogens is 2. The summed E-state index contributed by atoms with van der Waals surface area (Å²) in [6, 6.07) is 12.2. The number of anilines is 2. The van der Waals surface area contributed by atoms with E-state index in [1.54, 1.807) is 7.11 Å². The Bertz CT molecular complexity index is 1160. The van der Waals surface area contributed by atoms with E-state index in [1.165, 1.54) is 37.9 Å². The van der Waals surface area contributed by atoms with Crippen molar-refractivity contribution < 1.29 is 9.84 Å². The van der Waals surface area contributed by atoms with Crippen LogP contribution in [-0.4, -0.2) is 64.4 Å². The van der Waals surface area contributed by atoms with E-state index in [9.17, 15) is 5.11 Å². The molecular weight excluding hydrogens is 498 g/mol. The molecule has 1 aliphatic heterocycles. The van der Waals surface area contributed by atoms with Crippen molar-refractivity contribution in [2.24, 2.45) is 11.8 Å². The molecule has 0 radical (unpaired) electrons. The van der Waals surface area contributed by atoms with Crippen LogP contribution in [0.2, 0.25) is 0 Å². The predicted octanol–water partition coefficient (Wildman–Crippen LogP) is 6.89. The number of pyridine rings is 1. The van der Waals surface area contributed by atoms with E-state index < -0.39 is 6.23 Å². The SMILES string of the molecule is COc1ccc(Nc2nn3ccc(C(O)N(CCC(C)C)CCC(C)C)cc3c2CCCN2CCCCC2)cc1. The van der Waals surface area contributed by atoms with E-state index >= 15 is 0 Å². The molecule has 3 heterocycles. The van der Waals surface area contributed by atoms with Gasteiger partial charge in [0, 0.05) is 30.5 Å². The number of benzene rings is 1. The van der Waals surface area contributed by atoms with Crippen LogP contribution in [0.1, 0.15) is 83.6 Å². The number of rotatable bonds is 15. The zero-order chi connectivity index (χ0) is 28.5. The Labute approximate surface area is 241 Å². The highest BCUT2D eigenvalue weighted by atomic mass is 16.5. The average Bonchev–Trinajstić information content (AvgIpc) is 3.29. The molecule has 0 amide bonds. The van der Waals surface area contributed by atoms with Crippen molar-refractivity contribution in [3.63, 3.8) is 0 Å². The summed E-state index contributed by atoms with van der Waals surface area (Å²) in [4.78, 5) is 4.84. The second-order valence-corrected chi connectivity index (χ2v) is 12.3. The quantitative estimate of drug-likeness (QED) is 0.201. The highest BCUT2D eigenvalue weighted by Crippen LogP contribution is 2.30. The molecule has 0 bridgehead atoms. The summed E-state index contributed by atoms with van der Waals surface area (Å²) in [5.41, 5.74) is 4.19. The summed E-state index contributed by atoms with van der Waals surface area (Å²) >= 11 is 0. The van der Waals surface area contributed by atoms with Gasteiger partial charge in [-0.15, -0.1) is 5.10 Å². The largest absolute Gasteiger partial charge is 0.497 e. The van der Waals surface area contributed by atoms with Crippen LogP contribution in [0.4, 0.5) is 11.5 Å². The molecule has 7 nitrogen and oxygen atoms in total. The van der Waals surface area contributed by atoms with E-state index in [2.05, 4.69) is 48.9 Å². The first-order valence-corrected chi connectivity index (χ1v) is 15.4. The van der Waals surface area contributed by atoms with Crippen LogP contribution in [0, 0.1) is 11.8 Å². The molecule has 2 N–H and O–H groups in total. The Kier molecular flexibility index (Phi) is 11.3. The summed E-state index contributed by atoms with van der Waals surface area (Å²) < 4.78 is 7.30. The van der Waals surface area contributed by atoms with E-state index in [0.717, 1.165) is 73.7 Å². The van der Waals surface area contributed by atoms with Crippen LogP contribution in [-0.2, 0) is 6.42 Å². The minimum Gasteiger partial charge on any atom is -0.497 e. The summed E-state index contributed by atoms with van der Waals surface area (Å²) in [6.45, 7) is 14.3. The zero-order valence-corrected chi connectivity index (χ0v) is 25.4. The van der Waals surface area contributed by atoms with Gasteiger partial charge in [0.1, 0.15) is 12.0 Å². The van der Waals surface area contributed by atoms with Gasteiger partial charge in [-0.1, -0.05) is 34.1 Å². The number of nitrogens with one attached hydrogen (secondary N) is 1. The Morgan fingerprint density at radius 3 is 2.27 bits per heavy atom. The Morgan fingerprint density at radius 2 is 1.65 bits per heavy atom. The standard InChI is InChI=1S/C33H51N5O2/c1-25(2)15-21-37(22-16-26(3)4)33(39)27-17-23-38-31(24-27)30(10-9-20-36-18-7-6-8-19-36)32(35-38)34-28-11-13-29(40-5)14-12-28/h11-14,17,23-26,33,39H,6-10,15-16,18-22H2,1-5H3,(H,34,35). The van der Waals surface area contributed by atoms with Gasteiger partial charge < -0.3 is 20.1 Å². The number of piperidine rings is 1. The molecule has 7 heteroatoms. The van der Waals surface area contributed by atoms with Gasteiger partial charge in [-0.3, -0.25) is 4.90 Å². The van der Waals surface area contributed by atoms with Crippen LogP contribution < -0.4 is 10.1 Å². The topological polar surface area (TPSA) is 65.3 Å². The number of methoxy groups -OCH3 is 1. The molecule has 0 aliphatic carbocycles. The number of aliphatic hydroxyl groups is 1. The predicted molar refractivity (Wildman–Crippen MR) is 166 cm³/mol. The van der Waals surface area contributed by atoms with Gasteiger partial charge in [0.2, 0.25) is 0 Å². The van der Waals surface area contributed by atoms with Crippen molar-refractivity contribution >= 4 is 17.0 Å². The third kappa shape index (κ3) is 8.45. The molecule has 1 aliphatic rings. The second kappa shape index (κ2) is 14.9. The third-order valence-corrected chi connectivity index (χ3v) is 8.10. The van der Waals surface area contributed by atoms with E-state index in [0.29, 0.717) is 11.8 Å². The number of hydrogen-bond acceptors (Lipinski definition) is 6. The minimum atomic E-state index is -0.628. The van der Waals surface area contributed by atoms with Crippen molar-refractivity contribution in [2.75, 3.05) is 45.2 Å². The molecule has 2 aromatic heterocycles. The van der Waals surface area contributed by atoms with Crippen LogP contribution >= 0.6 is 0 Å². The number of nitrogens with zero attached hydrogens (tertiary/aromatic N) is 4. The third-order valence-electron chi connectivity index (χ3n) is 8.10. The molecule has 1 unspecified atom stereocenters. The van der Waals surface area contributed by atoms with Crippen LogP contribution in [0.3, 0.4) is 0 Å². The van der Waals surface area contributed by atoms with Gasteiger partial charge in [0.05, 0.1) is 12.6 Å². The van der Waals surface area contributed by atoms with Gasteiger partial charge in [0.25, 0.3) is 0 Å². The monoisotopic (exact) mass is 549 g/mol. The zero-order valence-electron chi connectivity index (χ0n) is 25.4. The van der Waals surface area contributed by atoms with Crippen LogP contribution in [0.15, 0.2) is 42.6 Å². The van der Waals surface area contributed by atoms with E-state index in [4.69, 9.17) is 9.84 Å². The van der Waals surface area contributed by atoms with E-state index in [-0.39, 0.29) is 0 Å². The molecular formula is C33H51N5O2. The van der Waals surface area contributed by atoms with Crippen LogP contribution in [0.5, 0.6) is 5.75 Å². The van der Waals surface area contributed by atoms with Gasteiger partial charge in [-0.25, -0.2) is 4.52 Å². The van der Waals surface area contributed by atoms with Crippen molar-refractivity contribution in [1.82, 2.24) is 19.4 Å². The fourth-order valence-electron chi connectivity index (χ4n) is 5.51. The van der Waals surface area contributed by atoms with Crippen molar-refractivity contribution in [2.45, 2.75) is 78.9 Å². The first kappa shape index (κ1) is 30.4. The fourth-order valence-corrected chi connectivity index (χ4v) is 5.51. The highest BCUT2D eigenvalue weighted by Gasteiger charge is 2.21. The smallest absolute Gasteiger partial charge is 0.156 e. The van der Waals surface area contributed by atoms with Gasteiger partial charge in [-0.2, -0.15) is 0 Å². The van der Waals surface area contributed by atoms with Gasteiger partial charge in [0.15, 0.2) is 5.82 Å². The first-order valence-electron chi connectivity index (χ1n) is 15.4. The van der Waals surface area contributed by atoms with Crippen molar-refractivity contribution in [3.8, 4) is 5.75 Å². The molecule has 4 rings (SSSR count). The Morgan fingerprint density at radius 1 is 0.975 bits per heavy atom. The summed E-state index contributed by atoms with van der Waals surface area (Å²) in [7, 11) is 1.68. The molecule has 1 saturated heterocycles. The van der Waals surface area contributed by atoms with Crippen molar-refractivity contribution in [3.05, 3.63) is 53.7 Å². The molecule has 0 saturated carbocycles. The lowest BCUT2D eigenvalue weighted by atomic mass is 10.1. The minimum absolute atomic E-state index is 0.601. The summed E-state index contributed by atoms with van der Waals surface area (Å²) in [5.74, 6) is 2.92. The van der Waals surface area contributed by atoms with Gasteiger partial charge >= 0.3 is 0 Å². The molecule has 0 spiro atoms. The number of likely N-dealkylation sites (tertiary alicyclic amines) is 1. The molecule has 220 valence electrons. The molecule has 3 aromatic rings. The number of fused-ring (bicyclic) bond motifs is 1. The Hall–Kier alpha value is -2.61. The lowest BCUT2D eigenvalue weighted by molar-refractivity contribution is -0.00363. The second-order valence-electron chi connectivity index (χ2n) is 12.3. The molecule has 1 aromatic carbocycles. The van der Waals surface area contributed by atoms with Crippen molar-refractivity contribution in [1.29, 1.82) is 0 Å². The normalized spacial score (nSPS) is 15.4. The number of aryl methyl sites for hydroxylation is 1. The lowest BCUT2D eigenvalue weighted by Gasteiger charge is -2.29. The Balaban J connectivity index is 1.60. The first-order chi connectivity index (χ1) is 19.3. The maximum Gasteiger partial charge on any atom is 0.156 e. The molecule has 1 fully saturated rings. The number of hydrogen-bond donors (Lipinski definition) is 2. The maximum absolute atomic E-state index is 11.6. The summed E-state index contributed by atoms with van der Waals surface area (Å²) in [6.07, 6.45) is 9.52. The lowest BCUT2D eigenvalue weighted by Crippen LogP contribution is -2.32. The van der Waals surface area contributed by atoms with Gasteiger partial charge in [-0.05, 0) is 112 Å². The van der Waals surface area contributed by atoms with Crippen LogP contribution in [0.25, 0.3) is 5.52 Å². The highest BCUT2D eigenvalue weighted by molar-refractivity contribution is 5.70. The number of ether oxygens (including phenoxy) is 1. The number of aliphatic hydroxyl groups excluding tert-OH is 1. The average molecular weight is 550 g/mol.